The molecule has 2 N–H and O–H groups in total. The maximum absolute atomic E-state index is 12.1. The lowest BCUT2D eigenvalue weighted by Gasteiger charge is -2.33. The molecule has 3 heterocycles. The number of nitrogens with zero attached hydrogens (tertiary/aromatic N) is 4. The van der Waals surface area contributed by atoms with Crippen LogP contribution in [0.3, 0.4) is 0 Å². The number of pyridine rings is 1. The van der Waals surface area contributed by atoms with Gasteiger partial charge in [0.25, 0.3) is 0 Å². The van der Waals surface area contributed by atoms with Crippen LogP contribution in [0, 0.1) is 0 Å². The van der Waals surface area contributed by atoms with E-state index in [-0.39, 0.29) is 11.9 Å². The maximum Gasteiger partial charge on any atom is 0.519 e. The third-order valence-corrected chi connectivity index (χ3v) is 3.78. The first kappa shape index (κ1) is 20.8. The van der Waals surface area contributed by atoms with Gasteiger partial charge in [-0.2, -0.15) is 0 Å². The smallest absolute Gasteiger partial charge is 0.359 e. The molecule has 1 atom stereocenters. The molecule has 1 aliphatic heterocycles. The summed E-state index contributed by atoms with van der Waals surface area (Å²) in [6.45, 7) is 3.52. The van der Waals surface area contributed by atoms with E-state index in [9.17, 15) is 18.0 Å². The van der Waals surface area contributed by atoms with Crippen molar-refractivity contribution in [2.75, 3.05) is 18.4 Å². The number of likely N-dealkylation sites (tertiary alicyclic amines) is 1. The summed E-state index contributed by atoms with van der Waals surface area (Å²) in [7, 11) is 0. The molecule has 0 spiro atoms. The maximum atomic E-state index is 12.1. The number of alkyl halides is 3. The summed E-state index contributed by atoms with van der Waals surface area (Å²) in [4.78, 5) is 26.5. The molecular formula is C16H17ClF3N5O2. The second-order valence-corrected chi connectivity index (χ2v) is 6.10. The molecule has 0 aliphatic carbocycles. The molecule has 1 fully saturated rings. The highest BCUT2D eigenvalue weighted by Crippen LogP contribution is 2.19. The van der Waals surface area contributed by atoms with Crippen LogP contribution in [0.15, 0.2) is 30.7 Å². The molecule has 0 radical (unpaired) electrons. The number of hydrogen-bond acceptors (Lipinski definition) is 6. The van der Waals surface area contributed by atoms with Crippen molar-refractivity contribution in [2.45, 2.75) is 25.7 Å². The third kappa shape index (κ3) is 6.99. The first-order valence-electron chi connectivity index (χ1n) is 7.92. The van der Waals surface area contributed by atoms with E-state index in [1.54, 1.807) is 24.4 Å². The molecule has 2 aromatic rings. The van der Waals surface area contributed by atoms with Gasteiger partial charge in [-0.25, -0.2) is 9.97 Å². The molecule has 2 aromatic heterocycles. The lowest BCUT2D eigenvalue weighted by Crippen LogP contribution is -2.48. The molecule has 146 valence electrons. The Morgan fingerprint density at radius 2 is 1.93 bits per heavy atom. The van der Waals surface area contributed by atoms with Crippen molar-refractivity contribution in [3.63, 3.8) is 0 Å². The lowest BCUT2D eigenvalue weighted by molar-refractivity contribution is -0.295. The van der Waals surface area contributed by atoms with E-state index in [2.05, 4.69) is 20.3 Å². The van der Waals surface area contributed by atoms with Crippen LogP contribution in [0.5, 0.6) is 0 Å². The van der Waals surface area contributed by atoms with Crippen LogP contribution in [0.1, 0.15) is 13.3 Å². The molecule has 1 amide bonds. The minimum atomic E-state index is -5.00. The fraction of sp³-hybridized carbons (Fsp3) is 0.375. The van der Waals surface area contributed by atoms with Crippen LogP contribution in [-0.4, -0.2) is 56.4 Å². The van der Waals surface area contributed by atoms with Crippen molar-refractivity contribution in [3.8, 4) is 11.4 Å². The molecule has 1 saturated heterocycles. The van der Waals surface area contributed by atoms with Crippen molar-refractivity contribution in [1.29, 1.82) is 0 Å². The Morgan fingerprint density at radius 1 is 1.26 bits per heavy atom. The van der Waals surface area contributed by atoms with Crippen LogP contribution in [-0.2, 0) is 4.79 Å². The van der Waals surface area contributed by atoms with E-state index < -0.39 is 6.36 Å². The summed E-state index contributed by atoms with van der Waals surface area (Å²) < 4.78 is 29.7. The molecule has 0 unspecified atom stereocenters. The number of hydrogen-bond donors (Lipinski definition) is 2. The zero-order valence-corrected chi connectivity index (χ0v) is 15.0. The summed E-state index contributed by atoms with van der Waals surface area (Å²) in [6.07, 6.45) is -0.894. The van der Waals surface area contributed by atoms with Gasteiger partial charge in [0.15, 0.2) is 0 Å². The second-order valence-electron chi connectivity index (χ2n) is 5.66. The van der Waals surface area contributed by atoms with Gasteiger partial charge in [0, 0.05) is 25.4 Å². The number of aliphatic hydroxyl groups is 1. The zero-order valence-electron chi connectivity index (χ0n) is 14.2. The number of halogens is 4. The molecule has 0 aromatic carbocycles. The summed E-state index contributed by atoms with van der Waals surface area (Å²) >= 11 is 5.83. The SMILES string of the molecule is C[C@@H](Nc1cc(-c2ccc(Cl)cn2)ncn1)C(=O)N1CCC1.OC(F)(F)F. The first-order chi connectivity index (χ1) is 12.6. The van der Waals surface area contributed by atoms with E-state index in [4.69, 9.17) is 16.7 Å². The standard InChI is InChI=1S/C15H16ClN5O.CHF3O/c1-10(15(22)21-5-2-6-21)20-14-7-13(18-9-19-14)12-4-3-11(16)8-17-12;2-1(3,4)5/h3-4,7-10H,2,5-6H2,1H3,(H,18,19,20);5H/t10-;/m1./s1. The van der Waals surface area contributed by atoms with Crippen molar-refractivity contribution in [3.05, 3.63) is 35.7 Å². The van der Waals surface area contributed by atoms with Crippen LogP contribution < -0.4 is 5.32 Å². The van der Waals surface area contributed by atoms with Gasteiger partial charge in [0.05, 0.1) is 16.4 Å². The van der Waals surface area contributed by atoms with Crippen molar-refractivity contribution in [2.24, 2.45) is 0 Å². The lowest BCUT2D eigenvalue weighted by atomic mass is 10.1. The van der Waals surface area contributed by atoms with Crippen LogP contribution in [0.25, 0.3) is 11.4 Å². The van der Waals surface area contributed by atoms with Crippen molar-refractivity contribution < 1.29 is 23.1 Å². The highest BCUT2D eigenvalue weighted by atomic mass is 35.5. The Labute approximate surface area is 158 Å². The minimum absolute atomic E-state index is 0.0935. The summed E-state index contributed by atoms with van der Waals surface area (Å²) in [5.41, 5.74) is 1.38. The first-order valence-corrected chi connectivity index (χ1v) is 8.29. The summed E-state index contributed by atoms with van der Waals surface area (Å²) in [5.74, 6) is 0.694. The number of carbonyl (C=O) groups is 1. The Bertz CT molecular complexity index is 763. The van der Waals surface area contributed by atoms with Gasteiger partial charge >= 0.3 is 6.36 Å². The van der Waals surface area contributed by atoms with Gasteiger partial charge < -0.3 is 15.3 Å². The minimum Gasteiger partial charge on any atom is -0.359 e. The number of rotatable bonds is 4. The number of anilines is 1. The highest BCUT2D eigenvalue weighted by Gasteiger charge is 2.25. The molecule has 3 rings (SSSR count). The molecule has 0 saturated carbocycles. The zero-order chi connectivity index (χ0) is 20.0. The van der Waals surface area contributed by atoms with E-state index in [1.807, 2.05) is 11.8 Å². The normalized spacial score (nSPS) is 14.5. The van der Waals surface area contributed by atoms with Crippen LogP contribution in [0.4, 0.5) is 19.0 Å². The summed E-state index contributed by atoms with van der Waals surface area (Å²) in [5, 5.41) is 10.2. The van der Waals surface area contributed by atoms with Gasteiger partial charge in [-0.3, -0.25) is 9.78 Å². The number of nitrogens with one attached hydrogen (secondary N) is 1. The van der Waals surface area contributed by atoms with Gasteiger partial charge in [0.1, 0.15) is 18.2 Å². The van der Waals surface area contributed by atoms with Crippen molar-refractivity contribution >= 4 is 23.3 Å². The predicted octanol–water partition coefficient (Wildman–Crippen LogP) is 2.72. The van der Waals surface area contributed by atoms with Crippen LogP contribution in [0.2, 0.25) is 5.02 Å². The van der Waals surface area contributed by atoms with Gasteiger partial charge in [-0.15, -0.1) is 13.2 Å². The molecule has 1 aliphatic rings. The molecule has 11 heteroatoms. The predicted molar refractivity (Wildman–Crippen MR) is 92.8 cm³/mol. The van der Waals surface area contributed by atoms with E-state index in [1.165, 1.54) is 6.33 Å². The largest absolute Gasteiger partial charge is 0.519 e. The molecule has 0 bridgehead atoms. The fourth-order valence-electron chi connectivity index (χ4n) is 2.20. The molecule has 27 heavy (non-hydrogen) atoms. The molecular weight excluding hydrogens is 387 g/mol. The average molecular weight is 404 g/mol. The Morgan fingerprint density at radius 3 is 2.44 bits per heavy atom. The Balaban J connectivity index is 0.000000465. The quantitative estimate of drug-likeness (QED) is 0.815. The summed E-state index contributed by atoms with van der Waals surface area (Å²) in [6, 6.07) is 5.01. The van der Waals surface area contributed by atoms with E-state index >= 15 is 0 Å². The topological polar surface area (TPSA) is 91.2 Å². The average Bonchev–Trinajstić information content (AvgIpc) is 2.52. The van der Waals surface area contributed by atoms with Gasteiger partial charge in [0.2, 0.25) is 5.91 Å². The third-order valence-electron chi connectivity index (χ3n) is 3.56. The number of amides is 1. The molecule has 7 nitrogen and oxygen atoms in total. The van der Waals surface area contributed by atoms with E-state index in [0.717, 1.165) is 19.5 Å². The van der Waals surface area contributed by atoms with Gasteiger partial charge in [-0.1, -0.05) is 11.6 Å². The highest BCUT2D eigenvalue weighted by molar-refractivity contribution is 6.30. The Hall–Kier alpha value is -2.46. The van der Waals surface area contributed by atoms with Crippen LogP contribution >= 0.6 is 11.6 Å². The fourth-order valence-corrected chi connectivity index (χ4v) is 2.31. The Kier molecular flexibility index (Phi) is 6.92. The monoisotopic (exact) mass is 403 g/mol. The number of aromatic nitrogens is 3. The van der Waals surface area contributed by atoms with Gasteiger partial charge in [-0.05, 0) is 25.5 Å². The van der Waals surface area contributed by atoms with E-state index in [0.29, 0.717) is 22.2 Å². The second kappa shape index (κ2) is 8.96. The van der Waals surface area contributed by atoms with Crippen molar-refractivity contribution in [1.82, 2.24) is 19.9 Å². The number of carbonyl (C=O) groups excluding carboxylic acids is 1.